The van der Waals surface area contributed by atoms with E-state index in [0.717, 1.165) is 32.1 Å². The highest BCUT2D eigenvalue weighted by atomic mass is 15.2. The Labute approximate surface area is 297 Å². The largest absolute Gasteiger partial charge is 0.337 e. The molecule has 0 radical (unpaired) electrons. The third-order valence-electron chi connectivity index (χ3n) is 12.6. The van der Waals surface area contributed by atoms with Gasteiger partial charge in [-0.2, -0.15) is 0 Å². The molecule has 0 N–H and O–H groups in total. The van der Waals surface area contributed by atoms with Crippen LogP contribution in [0, 0.1) is 17.8 Å². The molecule has 3 aromatic carbocycles. The highest BCUT2D eigenvalue weighted by Crippen LogP contribution is 2.52. The molecule has 50 heavy (non-hydrogen) atoms. The summed E-state index contributed by atoms with van der Waals surface area (Å²) in [6.45, 7) is 0. The first-order valence-electron chi connectivity index (χ1n) is 19.2. The van der Waals surface area contributed by atoms with Gasteiger partial charge in [0.05, 0.1) is 6.04 Å². The van der Waals surface area contributed by atoms with Crippen LogP contribution in [0.3, 0.4) is 0 Å². The fourth-order valence-electron chi connectivity index (χ4n) is 10.2. The van der Waals surface area contributed by atoms with Gasteiger partial charge < -0.3 is 9.80 Å². The molecule has 6 unspecified atom stereocenters. The first-order chi connectivity index (χ1) is 24.8. The van der Waals surface area contributed by atoms with Crippen LogP contribution in [0.25, 0.3) is 11.1 Å². The van der Waals surface area contributed by atoms with Crippen LogP contribution in [0.2, 0.25) is 0 Å². The summed E-state index contributed by atoms with van der Waals surface area (Å²) in [5.74, 6) is 2.19. The van der Waals surface area contributed by atoms with Crippen molar-refractivity contribution < 1.29 is 0 Å². The maximum Gasteiger partial charge on any atom is 0.0623 e. The van der Waals surface area contributed by atoms with Crippen LogP contribution in [0.4, 0.5) is 17.1 Å². The van der Waals surface area contributed by atoms with E-state index in [1.54, 1.807) is 11.3 Å². The summed E-state index contributed by atoms with van der Waals surface area (Å²) in [4.78, 5) is 5.32. The van der Waals surface area contributed by atoms with E-state index in [9.17, 15) is 0 Å². The molecular formula is C48H46N2. The second-order valence-electron chi connectivity index (χ2n) is 15.3. The van der Waals surface area contributed by atoms with Crippen molar-refractivity contribution in [1.82, 2.24) is 0 Å². The van der Waals surface area contributed by atoms with E-state index < -0.39 is 0 Å². The molecule has 6 atom stereocenters. The van der Waals surface area contributed by atoms with Crippen LogP contribution in [-0.2, 0) is 0 Å². The Morgan fingerprint density at radius 1 is 0.640 bits per heavy atom. The van der Waals surface area contributed by atoms with Crippen molar-refractivity contribution in [3.05, 3.63) is 174 Å². The summed E-state index contributed by atoms with van der Waals surface area (Å²) in [5, 5.41) is 0. The zero-order chi connectivity index (χ0) is 33.0. The number of anilines is 3. The molecule has 0 fully saturated rings. The molecule has 2 nitrogen and oxygen atoms in total. The van der Waals surface area contributed by atoms with Gasteiger partial charge in [-0.05, 0) is 127 Å². The van der Waals surface area contributed by atoms with Crippen molar-refractivity contribution >= 4 is 28.2 Å². The Morgan fingerprint density at radius 3 is 2.36 bits per heavy atom. The maximum atomic E-state index is 2.68. The molecular weight excluding hydrogens is 605 g/mol. The topological polar surface area (TPSA) is 6.48 Å². The van der Waals surface area contributed by atoms with Crippen LogP contribution in [0.15, 0.2) is 157 Å². The van der Waals surface area contributed by atoms with E-state index >= 15 is 0 Å². The zero-order valence-corrected chi connectivity index (χ0v) is 28.9. The first-order valence-corrected chi connectivity index (χ1v) is 19.2. The second-order valence-corrected chi connectivity index (χ2v) is 15.3. The number of rotatable bonds is 5. The van der Waals surface area contributed by atoms with E-state index in [4.69, 9.17) is 0 Å². The minimum atomic E-state index is 0.387. The van der Waals surface area contributed by atoms with Gasteiger partial charge in [0.25, 0.3) is 0 Å². The maximum absolute atomic E-state index is 2.68. The minimum Gasteiger partial charge on any atom is -0.337 e. The van der Waals surface area contributed by atoms with Crippen LogP contribution in [0.1, 0.15) is 74.0 Å². The van der Waals surface area contributed by atoms with Gasteiger partial charge in [-0.1, -0.05) is 115 Å². The van der Waals surface area contributed by atoms with Crippen LogP contribution in [0.5, 0.6) is 0 Å². The molecule has 5 aliphatic carbocycles. The highest BCUT2D eigenvalue weighted by molar-refractivity contribution is 5.82. The fraction of sp³-hybridized carbons (Fsp3) is 0.292. The number of allylic oxidation sites excluding steroid dienone is 12. The third kappa shape index (κ3) is 5.06. The smallest absolute Gasteiger partial charge is 0.0623 e. The molecule has 0 bridgehead atoms. The van der Waals surface area contributed by atoms with E-state index in [0.29, 0.717) is 35.8 Å². The number of hydrogen-bond acceptors (Lipinski definition) is 2. The molecule has 0 amide bonds. The first kappa shape index (κ1) is 30.0. The van der Waals surface area contributed by atoms with Gasteiger partial charge in [-0.25, -0.2) is 0 Å². The van der Waals surface area contributed by atoms with Crippen LogP contribution in [-0.4, -0.2) is 12.1 Å². The molecule has 3 aromatic rings. The van der Waals surface area contributed by atoms with Crippen LogP contribution < -0.4 is 9.80 Å². The van der Waals surface area contributed by atoms with Crippen LogP contribution >= 0.6 is 0 Å². The molecule has 0 saturated carbocycles. The predicted octanol–water partition coefficient (Wildman–Crippen LogP) is 12.0. The van der Waals surface area contributed by atoms with Gasteiger partial charge in [-0.15, -0.1) is 0 Å². The lowest BCUT2D eigenvalue weighted by molar-refractivity contribution is 0.346. The quantitative estimate of drug-likeness (QED) is 0.254. The van der Waals surface area contributed by atoms with Crippen molar-refractivity contribution in [2.24, 2.45) is 17.8 Å². The summed E-state index contributed by atoms with van der Waals surface area (Å²) in [5.41, 5.74) is 14.3. The van der Waals surface area contributed by atoms with E-state index in [1.165, 1.54) is 64.2 Å². The van der Waals surface area contributed by atoms with Crippen molar-refractivity contribution in [1.29, 1.82) is 0 Å². The highest BCUT2D eigenvalue weighted by Gasteiger charge is 2.43. The minimum absolute atomic E-state index is 0.387. The lowest BCUT2D eigenvalue weighted by Gasteiger charge is -2.34. The Kier molecular flexibility index (Phi) is 7.51. The van der Waals surface area contributed by atoms with Crippen molar-refractivity contribution in [3.8, 4) is 0 Å². The Balaban J connectivity index is 0.931. The van der Waals surface area contributed by atoms with Crippen molar-refractivity contribution in [2.75, 3.05) is 9.80 Å². The third-order valence-corrected chi connectivity index (χ3v) is 12.6. The molecule has 10 rings (SSSR count). The summed E-state index contributed by atoms with van der Waals surface area (Å²) >= 11 is 0. The van der Waals surface area contributed by atoms with Gasteiger partial charge in [-0.3, -0.25) is 0 Å². The summed E-state index contributed by atoms with van der Waals surface area (Å²) in [6, 6.07) is 28.7. The van der Waals surface area contributed by atoms with Gasteiger partial charge in [0, 0.05) is 40.6 Å². The average Bonchev–Trinajstić information content (AvgIpc) is 3.71. The summed E-state index contributed by atoms with van der Waals surface area (Å²) in [6.07, 6.45) is 38.2. The summed E-state index contributed by atoms with van der Waals surface area (Å²) in [7, 11) is 0. The number of hydrogen-bond donors (Lipinski definition) is 0. The average molecular weight is 651 g/mol. The molecule has 2 heterocycles. The van der Waals surface area contributed by atoms with Crippen molar-refractivity contribution in [3.63, 3.8) is 0 Å². The van der Waals surface area contributed by atoms with E-state index in [-0.39, 0.29) is 0 Å². The molecule has 7 aliphatic rings. The van der Waals surface area contributed by atoms with Gasteiger partial charge in [0.1, 0.15) is 0 Å². The van der Waals surface area contributed by atoms with E-state index in [2.05, 4.69) is 156 Å². The zero-order valence-electron chi connectivity index (χ0n) is 28.9. The molecule has 0 spiro atoms. The molecule has 2 heteroatoms. The van der Waals surface area contributed by atoms with Gasteiger partial charge in [0.15, 0.2) is 0 Å². The van der Waals surface area contributed by atoms with Crippen molar-refractivity contribution in [2.45, 2.75) is 69.4 Å². The van der Waals surface area contributed by atoms with E-state index in [1.807, 2.05) is 0 Å². The lowest BCUT2D eigenvalue weighted by atomic mass is 9.73. The summed E-state index contributed by atoms with van der Waals surface area (Å²) < 4.78 is 0. The molecule has 0 aromatic heterocycles. The second kappa shape index (κ2) is 12.5. The SMILES string of the molecule is C1=CC2C3=C(CCC(C4C=C(c5ccc6c(c5)N(c5ccccc5)C5CCC=CC65)C=CC4)C3)N(c3ccc(C4=CCCC=C4)cc3)C2C=C1. The number of para-hydroxylation sites is 1. The number of nitrogens with zero attached hydrogens (tertiary/aromatic N) is 2. The predicted molar refractivity (Wildman–Crippen MR) is 210 cm³/mol. The molecule has 2 aliphatic heterocycles. The lowest BCUT2D eigenvalue weighted by Crippen LogP contribution is -2.32. The molecule has 0 saturated heterocycles. The van der Waals surface area contributed by atoms with Gasteiger partial charge in [0.2, 0.25) is 0 Å². The Bertz CT molecular complexity index is 2050. The Hall–Kier alpha value is -4.82. The van der Waals surface area contributed by atoms with Gasteiger partial charge >= 0.3 is 0 Å². The Morgan fingerprint density at radius 2 is 1.48 bits per heavy atom. The fourth-order valence-corrected chi connectivity index (χ4v) is 10.2. The number of benzene rings is 3. The number of fused-ring (bicyclic) bond motifs is 5. The standard InChI is InChI=1S/C48H46N2/c1-3-12-33(13-4-1)34-22-26-40(27-23-34)49-46-21-10-8-19-42(46)44-31-37(25-29-47(44)49)35-14-11-15-36(30-35)38-24-28-43-41-18-7-9-20-45(41)50(48(43)32-38)39-16-5-2-6-17-39/h2-3,5-8,10-13,15-19,21-24,26-28,30,32,35,37,41-42,45-46H,1,4,9,14,20,25,29,31H2. The monoisotopic (exact) mass is 650 g/mol. The normalized spacial score (nSPS) is 29.0. The molecule has 248 valence electrons.